The lowest BCUT2D eigenvalue weighted by atomic mass is 10.0. The minimum absolute atomic E-state index is 0.0188. The van der Waals surface area contributed by atoms with Gasteiger partial charge in [-0.15, -0.1) is 0 Å². The van der Waals surface area contributed by atoms with E-state index in [1.807, 2.05) is 18.9 Å². The van der Waals surface area contributed by atoms with Crippen molar-refractivity contribution in [2.75, 3.05) is 38.5 Å². The Kier molecular flexibility index (Phi) is 4.34. The number of likely N-dealkylation sites (N-methyl/N-ethyl adjacent to an activating group) is 1. The van der Waals surface area contributed by atoms with E-state index >= 15 is 0 Å². The zero-order valence-corrected chi connectivity index (χ0v) is 14.3. The van der Waals surface area contributed by atoms with E-state index in [4.69, 9.17) is 11.6 Å². The molecule has 1 aliphatic heterocycles. The number of anilines is 1. The van der Waals surface area contributed by atoms with Crippen molar-refractivity contribution >= 4 is 29.1 Å². The van der Waals surface area contributed by atoms with Gasteiger partial charge in [0.1, 0.15) is 5.41 Å². The van der Waals surface area contributed by atoms with Gasteiger partial charge in [0.2, 0.25) is 11.8 Å². The predicted molar refractivity (Wildman–Crippen MR) is 90.6 cm³/mol. The van der Waals surface area contributed by atoms with Gasteiger partial charge in [-0.2, -0.15) is 0 Å². The Labute approximate surface area is 141 Å². The predicted octanol–water partition coefficient (Wildman–Crippen LogP) is 2.14. The number of carbonyl (C=O) groups is 2. The number of amides is 2. The SMILES string of the molecule is Cc1cc(Cl)ccc1NC(=O)C1(C(=O)N2CCN(C)CC2)CC1. The third kappa shape index (κ3) is 3.21. The molecule has 0 aromatic heterocycles. The van der Waals surface area contributed by atoms with Gasteiger partial charge in [0.25, 0.3) is 0 Å². The van der Waals surface area contributed by atoms with Gasteiger partial charge in [-0.05, 0) is 50.6 Å². The number of hydrogen-bond donors (Lipinski definition) is 1. The molecule has 1 saturated heterocycles. The largest absolute Gasteiger partial charge is 0.339 e. The number of benzene rings is 1. The lowest BCUT2D eigenvalue weighted by Gasteiger charge is -2.34. The van der Waals surface area contributed by atoms with Crippen molar-refractivity contribution in [1.82, 2.24) is 9.80 Å². The van der Waals surface area contributed by atoms with E-state index in [0.29, 0.717) is 31.0 Å². The minimum atomic E-state index is -0.859. The van der Waals surface area contributed by atoms with Crippen LogP contribution in [-0.4, -0.2) is 54.8 Å². The fourth-order valence-electron chi connectivity index (χ4n) is 2.98. The van der Waals surface area contributed by atoms with Crippen molar-refractivity contribution < 1.29 is 9.59 Å². The second kappa shape index (κ2) is 6.13. The average Bonchev–Trinajstić information content (AvgIpc) is 3.32. The van der Waals surface area contributed by atoms with Crippen LogP contribution < -0.4 is 5.32 Å². The summed E-state index contributed by atoms with van der Waals surface area (Å²) in [6, 6.07) is 5.33. The van der Waals surface area contributed by atoms with Crippen LogP contribution in [0.15, 0.2) is 18.2 Å². The Bertz CT molecular complexity index is 635. The van der Waals surface area contributed by atoms with Crippen molar-refractivity contribution in [2.24, 2.45) is 5.41 Å². The summed E-state index contributed by atoms with van der Waals surface area (Å²) < 4.78 is 0. The van der Waals surface area contributed by atoms with Gasteiger partial charge in [0, 0.05) is 36.9 Å². The van der Waals surface area contributed by atoms with Crippen LogP contribution in [0, 0.1) is 12.3 Å². The Morgan fingerprint density at radius 3 is 2.39 bits per heavy atom. The van der Waals surface area contributed by atoms with E-state index in [1.165, 1.54) is 0 Å². The first kappa shape index (κ1) is 16.3. The normalized spacial score (nSPS) is 20.2. The molecule has 6 heteroatoms. The van der Waals surface area contributed by atoms with Crippen LogP contribution in [0.2, 0.25) is 5.02 Å². The molecule has 1 N–H and O–H groups in total. The molecular formula is C17H22ClN3O2. The number of carbonyl (C=O) groups excluding carboxylic acids is 2. The van der Waals surface area contributed by atoms with E-state index in [1.54, 1.807) is 18.2 Å². The molecular weight excluding hydrogens is 314 g/mol. The van der Waals surface area contributed by atoms with Crippen molar-refractivity contribution in [3.63, 3.8) is 0 Å². The first-order valence-corrected chi connectivity index (χ1v) is 8.36. The van der Waals surface area contributed by atoms with E-state index in [0.717, 1.165) is 24.3 Å². The first-order chi connectivity index (χ1) is 10.9. The highest BCUT2D eigenvalue weighted by molar-refractivity contribution is 6.30. The van der Waals surface area contributed by atoms with Crippen LogP contribution in [0.1, 0.15) is 18.4 Å². The van der Waals surface area contributed by atoms with E-state index < -0.39 is 5.41 Å². The van der Waals surface area contributed by atoms with Gasteiger partial charge in [0.15, 0.2) is 0 Å². The molecule has 0 spiro atoms. The number of nitrogens with one attached hydrogen (secondary N) is 1. The topological polar surface area (TPSA) is 52.7 Å². The standard InChI is InChI=1S/C17H22ClN3O2/c1-12-11-13(18)3-4-14(12)19-15(22)17(5-6-17)16(23)21-9-7-20(2)8-10-21/h3-4,11H,5-10H2,1-2H3,(H,19,22). The zero-order chi connectivity index (χ0) is 16.6. The van der Waals surface area contributed by atoms with Crippen LogP contribution in [0.3, 0.4) is 0 Å². The Morgan fingerprint density at radius 2 is 1.83 bits per heavy atom. The highest BCUT2D eigenvalue weighted by atomic mass is 35.5. The molecule has 0 atom stereocenters. The Balaban J connectivity index is 1.70. The fraction of sp³-hybridized carbons (Fsp3) is 0.529. The highest BCUT2D eigenvalue weighted by Gasteiger charge is 2.58. The van der Waals surface area contributed by atoms with Gasteiger partial charge in [0.05, 0.1) is 0 Å². The van der Waals surface area contributed by atoms with Gasteiger partial charge in [-0.3, -0.25) is 9.59 Å². The third-order valence-electron chi connectivity index (χ3n) is 4.82. The molecule has 2 aliphatic rings. The number of piperazine rings is 1. The summed E-state index contributed by atoms with van der Waals surface area (Å²) in [5, 5.41) is 3.55. The summed E-state index contributed by atoms with van der Waals surface area (Å²) in [5.41, 5.74) is 0.757. The smallest absolute Gasteiger partial charge is 0.240 e. The molecule has 5 nitrogen and oxygen atoms in total. The number of aryl methyl sites for hydroxylation is 1. The molecule has 1 aromatic rings. The van der Waals surface area contributed by atoms with Crippen LogP contribution in [0.4, 0.5) is 5.69 Å². The molecule has 124 valence electrons. The molecule has 1 heterocycles. The van der Waals surface area contributed by atoms with E-state index in [2.05, 4.69) is 10.2 Å². The van der Waals surface area contributed by atoms with Gasteiger partial charge in [-0.1, -0.05) is 11.6 Å². The quantitative estimate of drug-likeness (QED) is 0.861. The summed E-state index contributed by atoms with van der Waals surface area (Å²) in [4.78, 5) is 29.5. The molecule has 23 heavy (non-hydrogen) atoms. The molecule has 0 bridgehead atoms. The van der Waals surface area contributed by atoms with Crippen molar-refractivity contribution in [3.8, 4) is 0 Å². The lowest BCUT2D eigenvalue weighted by Crippen LogP contribution is -2.51. The number of hydrogen-bond acceptors (Lipinski definition) is 3. The summed E-state index contributed by atoms with van der Waals surface area (Å²) in [5.74, 6) is -0.207. The van der Waals surface area contributed by atoms with Crippen LogP contribution >= 0.6 is 11.6 Å². The monoisotopic (exact) mass is 335 g/mol. The average molecular weight is 336 g/mol. The van der Waals surface area contributed by atoms with Gasteiger partial charge >= 0.3 is 0 Å². The molecule has 1 aromatic carbocycles. The molecule has 0 unspecified atom stereocenters. The summed E-state index contributed by atoms with van der Waals surface area (Å²) in [7, 11) is 2.05. The van der Waals surface area contributed by atoms with Crippen LogP contribution in [0.25, 0.3) is 0 Å². The lowest BCUT2D eigenvalue weighted by molar-refractivity contribution is -0.143. The number of nitrogens with zero attached hydrogens (tertiary/aromatic N) is 2. The number of halogens is 1. The summed E-state index contributed by atoms with van der Waals surface area (Å²) in [6.07, 6.45) is 1.27. The molecule has 1 saturated carbocycles. The van der Waals surface area contributed by atoms with Gasteiger partial charge in [-0.25, -0.2) is 0 Å². The zero-order valence-electron chi connectivity index (χ0n) is 13.6. The highest BCUT2D eigenvalue weighted by Crippen LogP contribution is 2.48. The first-order valence-electron chi connectivity index (χ1n) is 7.98. The maximum atomic E-state index is 12.8. The van der Waals surface area contributed by atoms with E-state index in [9.17, 15) is 9.59 Å². The van der Waals surface area contributed by atoms with Crippen LogP contribution in [-0.2, 0) is 9.59 Å². The van der Waals surface area contributed by atoms with Crippen LogP contribution in [0.5, 0.6) is 0 Å². The molecule has 1 aliphatic carbocycles. The maximum Gasteiger partial charge on any atom is 0.240 e. The second-order valence-electron chi connectivity index (χ2n) is 6.59. The van der Waals surface area contributed by atoms with Gasteiger partial charge < -0.3 is 15.1 Å². The summed E-state index contributed by atoms with van der Waals surface area (Å²) >= 11 is 5.94. The second-order valence-corrected chi connectivity index (χ2v) is 7.03. The fourth-order valence-corrected chi connectivity index (χ4v) is 3.21. The molecule has 2 fully saturated rings. The van der Waals surface area contributed by atoms with Crippen molar-refractivity contribution in [2.45, 2.75) is 19.8 Å². The minimum Gasteiger partial charge on any atom is -0.339 e. The molecule has 3 rings (SSSR count). The maximum absolute atomic E-state index is 12.8. The Hall–Kier alpha value is -1.59. The summed E-state index contributed by atoms with van der Waals surface area (Å²) in [6.45, 7) is 5.01. The van der Waals surface area contributed by atoms with Crippen molar-refractivity contribution in [3.05, 3.63) is 28.8 Å². The van der Waals surface area contributed by atoms with E-state index in [-0.39, 0.29) is 11.8 Å². The Morgan fingerprint density at radius 1 is 1.17 bits per heavy atom. The molecule has 2 amide bonds. The van der Waals surface area contributed by atoms with Crippen molar-refractivity contribution in [1.29, 1.82) is 0 Å². The number of rotatable bonds is 3. The third-order valence-corrected chi connectivity index (χ3v) is 5.06. The molecule has 0 radical (unpaired) electrons.